The molecule has 2 N–H and O–H groups in total. The maximum absolute atomic E-state index is 5.92. The van der Waals surface area contributed by atoms with Gasteiger partial charge in [0.25, 0.3) is 0 Å². The van der Waals surface area contributed by atoms with Crippen molar-refractivity contribution in [3.63, 3.8) is 0 Å². The summed E-state index contributed by atoms with van der Waals surface area (Å²) in [6.45, 7) is 3.28. The number of H-pyrrole nitrogens is 1. The van der Waals surface area contributed by atoms with Gasteiger partial charge in [-0.05, 0) is 48.0 Å². The fraction of sp³-hybridized carbons (Fsp3) is 0.130. The van der Waals surface area contributed by atoms with Gasteiger partial charge in [-0.3, -0.25) is 0 Å². The molecule has 0 saturated heterocycles. The smallest absolute Gasteiger partial charge is 0.214 e. The summed E-state index contributed by atoms with van der Waals surface area (Å²) in [6, 6.07) is 26.3. The second-order valence-electron chi connectivity index (χ2n) is 6.75. The maximum atomic E-state index is 5.92. The van der Waals surface area contributed by atoms with Crippen LogP contribution in [0.25, 0.3) is 11.4 Å². The Morgan fingerprint density at radius 3 is 2.45 bits per heavy atom. The van der Waals surface area contributed by atoms with E-state index in [4.69, 9.17) is 17.0 Å². The van der Waals surface area contributed by atoms with Crippen LogP contribution in [0.2, 0.25) is 0 Å². The number of nitrogens with one attached hydrogen (secondary N) is 2. The van der Waals surface area contributed by atoms with Gasteiger partial charge in [0.05, 0.1) is 6.54 Å². The van der Waals surface area contributed by atoms with Crippen molar-refractivity contribution in [2.24, 2.45) is 0 Å². The first-order valence-corrected chi connectivity index (χ1v) is 9.84. The van der Waals surface area contributed by atoms with Gasteiger partial charge < -0.3 is 10.2 Å². The zero-order chi connectivity index (χ0) is 20.1. The second-order valence-corrected chi connectivity index (χ2v) is 7.13. The highest BCUT2D eigenvalue weighted by Crippen LogP contribution is 2.18. The third-order valence-corrected chi connectivity index (χ3v) is 5.00. The van der Waals surface area contributed by atoms with Crippen molar-refractivity contribution in [3.05, 3.63) is 100 Å². The quantitative estimate of drug-likeness (QED) is 0.415. The van der Waals surface area contributed by atoms with E-state index in [2.05, 4.69) is 34.7 Å². The van der Waals surface area contributed by atoms with E-state index >= 15 is 0 Å². The van der Waals surface area contributed by atoms with E-state index < -0.39 is 0 Å². The summed E-state index contributed by atoms with van der Waals surface area (Å²) in [4.78, 5) is 0. The minimum Gasteiger partial charge on any atom is -0.489 e. The fourth-order valence-corrected chi connectivity index (χ4v) is 3.23. The third kappa shape index (κ3) is 4.55. The summed E-state index contributed by atoms with van der Waals surface area (Å²) in [6.07, 6.45) is 0. The summed E-state index contributed by atoms with van der Waals surface area (Å²) in [5.74, 6) is 1.61. The minimum absolute atomic E-state index is 0.530. The first kappa shape index (κ1) is 19.0. The zero-order valence-electron chi connectivity index (χ0n) is 16.1. The Morgan fingerprint density at radius 1 is 0.966 bits per heavy atom. The van der Waals surface area contributed by atoms with Gasteiger partial charge in [-0.25, -0.2) is 9.77 Å². The van der Waals surface area contributed by atoms with E-state index in [1.165, 1.54) is 11.1 Å². The number of nitrogens with zero attached hydrogens (tertiary/aromatic N) is 2. The standard InChI is InChI=1S/C23H22N4OS/c1-17-7-5-6-10-20(17)16-28-21-13-11-18(12-14-21)15-24-27-22(25-26-23(27)29)19-8-3-2-4-9-19/h2-14,24H,15-16H2,1H3,(H,26,29). The molecule has 3 aromatic carbocycles. The molecule has 0 aliphatic heterocycles. The number of aromatic amines is 1. The topological polar surface area (TPSA) is 54.9 Å². The molecule has 6 heteroatoms. The van der Waals surface area contributed by atoms with Gasteiger partial charge >= 0.3 is 0 Å². The number of hydrogen-bond acceptors (Lipinski definition) is 4. The highest BCUT2D eigenvalue weighted by atomic mass is 32.1. The van der Waals surface area contributed by atoms with E-state index in [0.717, 1.165) is 22.7 Å². The van der Waals surface area contributed by atoms with Gasteiger partial charge in [0.1, 0.15) is 12.4 Å². The Hall–Kier alpha value is -3.38. The number of benzene rings is 3. The van der Waals surface area contributed by atoms with Crippen LogP contribution in [-0.2, 0) is 13.2 Å². The number of ether oxygens (including phenoxy) is 1. The van der Waals surface area contributed by atoms with Crippen LogP contribution >= 0.6 is 12.2 Å². The van der Waals surface area contributed by atoms with Gasteiger partial charge in [-0.2, -0.15) is 5.10 Å². The van der Waals surface area contributed by atoms with Crippen LogP contribution in [0.15, 0.2) is 78.9 Å². The lowest BCUT2D eigenvalue weighted by atomic mass is 10.1. The Bertz CT molecular complexity index is 1130. The Labute approximate surface area is 175 Å². The number of aromatic nitrogens is 3. The molecule has 0 fully saturated rings. The summed E-state index contributed by atoms with van der Waals surface area (Å²) in [5, 5.41) is 7.19. The monoisotopic (exact) mass is 402 g/mol. The molecular weight excluding hydrogens is 380 g/mol. The highest BCUT2D eigenvalue weighted by molar-refractivity contribution is 7.71. The molecule has 0 radical (unpaired) electrons. The molecule has 0 aliphatic carbocycles. The van der Waals surface area contributed by atoms with E-state index in [1.54, 1.807) is 4.68 Å². The molecule has 0 unspecified atom stereocenters. The van der Waals surface area contributed by atoms with Crippen molar-refractivity contribution in [1.82, 2.24) is 14.9 Å². The number of hydrogen-bond donors (Lipinski definition) is 2. The largest absolute Gasteiger partial charge is 0.489 e. The SMILES string of the molecule is Cc1ccccc1COc1ccc(CNn2c(-c3ccccc3)n[nH]c2=S)cc1. The summed E-state index contributed by atoms with van der Waals surface area (Å²) in [7, 11) is 0. The molecule has 4 rings (SSSR count). The molecule has 0 atom stereocenters. The molecule has 1 heterocycles. The molecule has 1 aromatic heterocycles. The first-order valence-electron chi connectivity index (χ1n) is 9.44. The van der Waals surface area contributed by atoms with Crippen LogP contribution < -0.4 is 10.2 Å². The van der Waals surface area contributed by atoms with Crippen LogP contribution in [0.5, 0.6) is 5.75 Å². The Morgan fingerprint density at radius 2 is 1.69 bits per heavy atom. The summed E-state index contributed by atoms with van der Waals surface area (Å²) in [5.41, 5.74) is 7.88. The van der Waals surface area contributed by atoms with E-state index in [1.807, 2.05) is 66.7 Å². The summed E-state index contributed by atoms with van der Waals surface area (Å²) < 4.78 is 8.25. The van der Waals surface area contributed by atoms with Crippen molar-refractivity contribution >= 4 is 12.2 Å². The van der Waals surface area contributed by atoms with E-state index in [9.17, 15) is 0 Å². The van der Waals surface area contributed by atoms with Gasteiger partial charge in [-0.1, -0.05) is 66.7 Å². The van der Waals surface area contributed by atoms with Crippen molar-refractivity contribution in [2.45, 2.75) is 20.1 Å². The highest BCUT2D eigenvalue weighted by Gasteiger charge is 2.08. The molecule has 0 saturated carbocycles. The molecule has 0 bridgehead atoms. The minimum atomic E-state index is 0.530. The third-order valence-electron chi connectivity index (χ3n) is 4.72. The molecule has 146 valence electrons. The average Bonchev–Trinajstić information content (AvgIpc) is 3.13. The summed E-state index contributed by atoms with van der Waals surface area (Å²) >= 11 is 5.36. The van der Waals surface area contributed by atoms with Gasteiger partial charge in [0.15, 0.2) is 5.82 Å². The number of aryl methyl sites for hydroxylation is 1. The maximum Gasteiger partial charge on any atom is 0.214 e. The predicted octanol–water partition coefficient (Wildman–Crippen LogP) is 5.24. The molecule has 29 heavy (non-hydrogen) atoms. The molecule has 0 amide bonds. The van der Waals surface area contributed by atoms with Crippen molar-refractivity contribution in [2.75, 3.05) is 5.43 Å². The molecule has 0 spiro atoms. The lowest BCUT2D eigenvalue weighted by molar-refractivity contribution is 0.305. The molecule has 4 aromatic rings. The molecule has 0 aliphatic rings. The van der Waals surface area contributed by atoms with Crippen LogP contribution in [0.3, 0.4) is 0 Å². The van der Waals surface area contributed by atoms with Gasteiger partial charge in [-0.15, -0.1) is 0 Å². The number of rotatable bonds is 7. The van der Waals surface area contributed by atoms with Crippen molar-refractivity contribution < 1.29 is 4.74 Å². The average molecular weight is 403 g/mol. The second kappa shape index (κ2) is 8.75. The van der Waals surface area contributed by atoms with Crippen LogP contribution in [-0.4, -0.2) is 14.9 Å². The van der Waals surface area contributed by atoms with Crippen LogP contribution in [0.4, 0.5) is 0 Å². The van der Waals surface area contributed by atoms with Gasteiger partial charge in [0, 0.05) is 5.56 Å². The normalized spacial score (nSPS) is 10.7. The Kier molecular flexibility index (Phi) is 5.72. The van der Waals surface area contributed by atoms with E-state index in [0.29, 0.717) is 17.9 Å². The lowest BCUT2D eigenvalue weighted by Crippen LogP contribution is -2.15. The lowest BCUT2D eigenvalue weighted by Gasteiger charge is -2.11. The zero-order valence-corrected chi connectivity index (χ0v) is 16.9. The molecule has 5 nitrogen and oxygen atoms in total. The Balaban J connectivity index is 1.40. The first-order chi connectivity index (χ1) is 14.2. The van der Waals surface area contributed by atoms with Crippen molar-refractivity contribution in [3.8, 4) is 17.1 Å². The molecular formula is C23H22N4OS. The van der Waals surface area contributed by atoms with Gasteiger partial charge in [0.2, 0.25) is 4.77 Å². The van der Waals surface area contributed by atoms with Crippen LogP contribution in [0.1, 0.15) is 16.7 Å². The van der Waals surface area contributed by atoms with Crippen molar-refractivity contribution in [1.29, 1.82) is 0 Å². The fourth-order valence-electron chi connectivity index (χ4n) is 3.03. The predicted molar refractivity (Wildman–Crippen MR) is 118 cm³/mol. The van der Waals surface area contributed by atoms with Crippen LogP contribution in [0, 0.1) is 11.7 Å². The van der Waals surface area contributed by atoms with E-state index in [-0.39, 0.29) is 0 Å².